The van der Waals surface area contributed by atoms with E-state index in [9.17, 15) is 18.0 Å². The number of hydrogen-bond donors (Lipinski definition) is 1. The maximum atomic E-state index is 12.9. The fourth-order valence-corrected chi connectivity index (χ4v) is 2.68. The Kier molecular flexibility index (Phi) is 5.46. The van der Waals surface area contributed by atoms with Crippen LogP contribution in [0.1, 0.15) is 30.4 Å². The predicted molar refractivity (Wildman–Crippen MR) is 87.2 cm³/mol. The summed E-state index contributed by atoms with van der Waals surface area (Å²) in [7, 11) is 0. The Hall–Kier alpha value is -1.82. The largest absolute Gasteiger partial charge is 0.417 e. The second kappa shape index (κ2) is 7.17. The number of amides is 1. The average molecular weight is 386 g/mol. The molecule has 1 atom stereocenters. The molecule has 0 bridgehead atoms. The van der Waals surface area contributed by atoms with Crippen molar-refractivity contribution < 1.29 is 18.0 Å². The minimum Gasteiger partial charge on any atom is -0.326 e. The molecule has 2 aromatic carbocycles. The summed E-state index contributed by atoms with van der Waals surface area (Å²) >= 11 is 2.87. The van der Waals surface area contributed by atoms with Crippen LogP contribution < -0.4 is 5.32 Å². The molecule has 0 saturated carbocycles. The van der Waals surface area contributed by atoms with Crippen LogP contribution in [0.15, 0.2) is 53.0 Å². The zero-order valence-electron chi connectivity index (χ0n) is 12.3. The summed E-state index contributed by atoms with van der Waals surface area (Å²) in [5, 5.41) is 2.52. The normalized spacial score (nSPS) is 12.7. The molecular weight excluding hydrogens is 371 g/mol. The SMILES string of the molecule is C[C@@H](CC(=O)Nc1ccc(Br)c(C(F)(F)F)c1)c1ccccc1. The zero-order chi connectivity index (χ0) is 17.0. The Balaban J connectivity index is 2.06. The van der Waals surface area contributed by atoms with E-state index in [1.165, 1.54) is 12.1 Å². The summed E-state index contributed by atoms with van der Waals surface area (Å²) in [6.07, 6.45) is -4.28. The number of benzene rings is 2. The molecule has 122 valence electrons. The molecule has 0 aromatic heterocycles. The molecule has 0 fully saturated rings. The number of halogens is 4. The van der Waals surface area contributed by atoms with Crippen molar-refractivity contribution in [2.24, 2.45) is 0 Å². The lowest BCUT2D eigenvalue weighted by molar-refractivity contribution is -0.138. The number of rotatable bonds is 4. The van der Waals surface area contributed by atoms with Gasteiger partial charge in [0.25, 0.3) is 0 Å². The van der Waals surface area contributed by atoms with E-state index < -0.39 is 11.7 Å². The minimum atomic E-state index is -4.48. The molecule has 0 aliphatic carbocycles. The summed E-state index contributed by atoms with van der Waals surface area (Å²) in [6, 6.07) is 13.1. The van der Waals surface area contributed by atoms with Gasteiger partial charge in [0.15, 0.2) is 0 Å². The van der Waals surface area contributed by atoms with Gasteiger partial charge in [0.2, 0.25) is 5.91 Å². The second-order valence-corrected chi connectivity index (χ2v) is 6.11. The molecule has 0 saturated heterocycles. The highest BCUT2D eigenvalue weighted by Crippen LogP contribution is 2.36. The van der Waals surface area contributed by atoms with Crippen LogP contribution in [-0.2, 0) is 11.0 Å². The molecule has 0 spiro atoms. The smallest absolute Gasteiger partial charge is 0.326 e. The Bertz CT molecular complexity index is 686. The standard InChI is InChI=1S/C17H15BrF3NO/c1-11(12-5-3-2-4-6-12)9-16(23)22-13-7-8-15(18)14(10-13)17(19,20)21/h2-8,10-11H,9H2,1H3,(H,22,23)/t11-/m0/s1. The van der Waals surface area contributed by atoms with Crippen LogP contribution >= 0.6 is 15.9 Å². The second-order valence-electron chi connectivity index (χ2n) is 5.26. The van der Waals surface area contributed by atoms with E-state index in [4.69, 9.17) is 0 Å². The van der Waals surface area contributed by atoms with Crippen molar-refractivity contribution in [1.82, 2.24) is 0 Å². The van der Waals surface area contributed by atoms with Gasteiger partial charge in [-0.1, -0.05) is 53.2 Å². The number of anilines is 1. The minimum absolute atomic E-state index is 0.0197. The summed E-state index contributed by atoms with van der Waals surface area (Å²) < 4.78 is 38.5. The Morgan fingerprint density at radius 1 is 1.17 bits per heavy atom. The number of carbonyl (C=O) groups excluding carboxylic acids is 1. The van der Waals surface area contributed by atoms with Crippen molar-refractivity contribution in [2.75, 3.05) is 5.32 Å². The molecule has 2 nitrogen and oxygen atoms in total. The highest BCUT2D eigenvalue weighted by atomic mass is 79.9. The summed E-state index contributed by atoms with van der Waals surface area (Å²) in [4.78, 5) is 12.0. The Morgan fingerprint density at radius 2 is 1.83 bits per heavy atom. The van der Waals surface area contributed by atoms with Gasteiger partial charge in [0, 0.05) is 16.6 Å². The number of alkyl halides is 3. The van der Waals surface area contributed by atoms with E-state index in [2.05, 4.69) is 21.2 Å². The van der Waals surface area contributed by atoms with Gasteiger partial charge < -0.3 is 5.32 Å². The lowest BCUT2D eigenvalue weighted by Crippen LogP contribution is -2.15. The molecule has 0 aliphatic rings. The number of nitrogens with one attached hydrogen (secondary N) is 1. The van der Waals surface area contributed by atoms with Gasteiger partial charge in [-0.15, -0.1) is 0 Å². The highest BCUT2D eigenvalue weighted by molar-refractivity contribution is 9.10. The van der Waals surface area contributed by atoms with Crippen LogP contribution in [0.5, 0.6) is 0 Å². The van der Waals surface area contributed by atoms with Gasteiger partial charge in [0.1, 0.15) is 0 Å². The topological polar surface area (TPSA) is 29.1 Å². The predicted octanol–water partition coefficient (Wildman–Crippen LogP) is 5.60. The quantitative estimate of drug-likeness (QED) is 0.728. The molecule has 1 N–H and O–H groups in total. The van der Waals surface area contributed by atoms with Gasteiger partial charge in [-0.3, -0.25) is 4.79 Å². The summed E-state index contributed by atoms with van der Waals surface area (Å²) in [5.41, 5.74) is 0.326. The van der Waals surface area contributed by atoms with Crippen LogP contribution in [-0.4, -0.2) is 5.91 Å². The van der Waals surface area contributed by atoms with E-state index in [1.54, 1.807) is 0 Å². The van der Waals surface area contributed by atoms with Crippen molar-refractivity contribution >= 4 is 27.5 Å². The van der Waals surface area contributed by atoms with E-state index >= 15 is 0 Å². The molecule has 2 rings (SSSR count). The monoisotopic (exact) mass is 385 g/mol. The first-order valence-electron chi connectivity index (χ1n) is 6.99. The summed E-state index contributed by atoms with van der Waals surface area (Å²) in [6.45, 7) is 1.90. The lowest BCUT2D eigenvalue weighted by Gasteiger charge is -2.14. The zero-order valence-corrected chi connectivity index (χ0v) is 13.9. The van der Waals surface area contributed by atoms with Crippen molar-refractivity contribution in [3.8, 4) is 0 Å². The maximum Gasteiger partial charge on any atom is 0.417 e. The average Bonchev–Trinajstić information content (AvgIpc) is 2.49. The molecule has 23 heavy (non-hydrogen) atoms. The van der Waals surface area contributed by atoms with Gasteiger partial charge in [-0.05, 0) is 29.7 Å². The Labute approximate surface area is 140 Å². The maximum absolute atomic E-state index is 12.9. The fourth-order valence-electron chi connectivity index (χ4n) is 2.21. The van der Waals surface area contributed by atoms with Crippen LogP contribution in [0, 0.1) is 0 Å². The van der Waals surface area contributed by atoms with E-state index in [1.807, 2.05) is 37.3 Å². The van der Waals surface area contributed by atoms with Crippen LogP contribution in [0.2, 0.25) is 0 Å². The molecular formula is C17H15BrF3NO. The van der Waals surface area contributed by atoms with Gasteiger partial charge in [-0.2, -0.15) is 13.2 Å². The third-order valence-electron chi connectivity index (χ3n) is 3.42. The first kappa shape index (κ1) is 17.5. The third-order valence-corrected chi connectivity index (χ3v) is 4.11. The van der Waals surface area contributed by atoms with Crippen LogP contribution in [0.25, 0.3) is 0 Å². The van der Waals surface area contributed by atoms with Gasteiger partial charge in [-0.25, -0.2) is 0 Å². The molecule has 0 radical (unpaired) electrons. The molecule has 1 amide bonds. The lowest BCUT2D eigenvalue weighted by atomic mass is 9.97. The molecule has 0 unspecified atom stereocenters. The molecule has 0 aliphatic heterocycles. The van der Waals surface area contributed by atoms with Crippen molar-refractivity contribution in [3.63, 3.8) is 0 Å². The van der Waals surface area contributed by atoms with E-state index in [0.717, 1.165) is 11.6 Å². The number of hydrogen-bond acceptors (Lipinski definition) is 1. The third kappa shape index (κ3) is 4.82. The van der Waals surface area contributed by atoms with Crippen LogP contribution in [0.3, 0.4) is 0 Å². The molecule has 0 heterocycles. The summed E-state index contributed by atoms with van der Waals surface area (Å²) in [5.74, 6) is -0.342. The van der Waals surface area contributed by atoms with Crippen molar-refractivity contribution in [1.29, 1.82) is 0 Å². The highest BCUT2D eigenvalue weighted by Gasteiger charge is 2.33. The molecule has 2 aromatic rings. The van der Waals surface area contributed by atoms with Gasteiger partial charge in [0.05, 0.1) is 5.56 Å². The first-order valence-corrected chi connectivity index (χ1v) is 7.78. The molecule has 6 heteroatoms. The van der Waals surface area contributed by atoms with Crippen LogP contribution in [0.4, 0.5) is 18.9 Å². The Morgan fingerprint density at radius 3 is 2.43 bits per heavy atom. The van der Waals surface area contributed by atoms with Crippen molar-refractivity contribution in [2.45, 2.75) is 25.4 Å². The van der Waals surface area contributed by atoms with E-state index in [-0.39, 0.29) is 28.4 Å². The first-order chi connectivity index (χ1) is 10.8. The number of carbonyl (C=O) groups is 1. The van der Waals surface area contributed by atoms with Gasteiger partial charge >= 0.3 is 6.18 Å². The van der Waals surface area contributed by atoms with E-state index in [0.29, 0.717) is 0 Å². The fraction of sp³-hybridized carbons (Fsp3) is 0.235. The van der Waals surface area contributed by atoms with Crippen molar-refractivity contribution in [3.05, 3.63) is 64.1 Å².